The third kappa shape index (κ3) is 4.17. The second kappa shape index (κ2) is 7.13. The molecule has 2 aliphatic rings. The van der Waals surface area contributed by atoms with Crippen LogP contribution in [0.15, 0.2) is 42.5 Å². The number of nitrogens with zero attached hydrogens (tertiary/aromatic N) is 1. The molecule has 0 bridgehead atoms. The maximum Gasteiger partial charge on any atom is 0.586 e. The normalized spacial score (nSPS) is 18.3. The largest absolute Gasteiger partial charge is 0.586 e. The molecule has 0 atom stereocenters. The minimum absolute atomic E-state index is 0.0643. The number of carbonyl (C=O) groups is 1. The Morgan fingerprint density at radius 3 is 2.67 bits per heavy atom. The van der Waals surface area contributed by atoms with Crippen molar-refractivity contribution >= 4 is 11.6 Å². The van der Waals surface area contributed by atoms with Crippen LogP contribution in [0.5, 0.6) is 11.5 Å². The van der Waals surface area contributed by atoms with E-state index in [-0.39, 0.29) is 17.4 Å². The zero-order valence-corrected chi connectivity index (χ0v) is 14.4. The van der Waals surface area contributed by atoms with Crippen molar-refractivity contribution in [2.45, 2.75) is 12.8 Å². The minimum Gasteiger partial charge on any atom is -0.395 e. The lowest BCUT2D eigenvalue weighted by Gasteiger charge is -2.26. The molecule has 1 saturated heterocycles. The van der Waals surface area contributed by atoms with Crippen molar-refractivity contribution in [1.29, 1.82) is 0 Å². The van der Waals surface area contributed by atoms with E-state index in [0.717, 1.165) is 25.2 Å². The molecule has 0 radical (unpaired) electrons. The number of benzene rings is 2. The highest BCUT2D eigenvalue weighted by molar-refractivity contribution is 6.04. The fraction of sp³-hybridized carbons (Fsp3) is 0.316. The van der Waals surface area contributed by atoms with Gasteiger partial charge < -0.3 is 19.5 Å². The average Bonchev–Trinajstić information content (AvgIpc) is 2.96. The van der Waals surface area contributed by atoms with Gasteiger partial charge in [-0.1, -0.05) is 12.1 Å². The molecule has 1 N–H and O–H groups in total. The van der Waals surface area contributed by atoms with E-state index in [9.17, 15) is 13.6 Å². The van der Waals surface area contributed by atoms with E-state index in [1.807, 2.05) is 18.2 Å². The molecule has 27 heavy (non-hydrogen) atoms. The fourth-order valence-corrected chi connectivity index (χ4v) is 3.06. The van der Waals surface area contributed by atoms with Gasteiger partial charge in [-0.3, -0.25) is 9.69 Å². The monoisotopic (exact) mass is 376 g/mol. The molecule has 2 aromatic rings. The molecular weight excluding hydrogens is 358 g/mol. The first-order valence-electron chi connectivity index (χ1n) is 8.59. The molecule has 8 heteroatoms. The van der Waals surface area contributed by atoms with Crippen LogP contribution in [0.25, 0.3) is 0 Å². The summed E-state index contributed by atoms with van der Waals surface area (Å²) in [5.41, 5.74) is 1.86. The van der Waals surface area contributed by atoms with Crippen LogP contribution in [0.3, 0.4) is 0 Å². The van der Waals surface area contributed by atoms with Crippen LogP contribution in [-0.4, -0.2) is 43.4 Å². The number of nitrogens with one attached hydrogen (secondary N) is 1. The van der Waals surface area contributed by atoms with Gasteiger partial charge in [0.05, 0.1) is 13.2 Å². The topological polar surface area (TPSA) is 60.0 Å². The molecule has 6 nitrogen and oxygen atoms in total. The van der Waals surface area contributed by atoms with E-state index in [0.29, 0.717) is 24.5 Å². The van der Waals surface area contributed by atoms with Gasteiger partial charge in [-0.2, -0.15) is 0 Å². The van der Waals surface area contributed by atoms with Gasteiger partial charge in [0, 0.05) is 37.0 Å². The van der Waals surface area contributed by atoms with Gasteiger partial charge in [0.25, 0.3) is 5.91 Å². The molecule has 142 valence electrons. The molecule has 0 unspecified atom stereocenters. The second-order valence-corrected chi connectivity index (χ2v) is 6.37. The van der Waals surface area contributed by atoms with Gasteiger partial charge in [0.1, 0.15) is 0 Å². The highest BCUT2D eigenvalue weighted by atomic mass is 19.3. The SMILES string of the molecule is O=C(Nc1ccc2c(c1)OC(F)(F)O2)c1cccc(CN2CCOCC2)c1. The number of ether oxygens (including phenoxy) is 3. The van der Waals surface area contributed by atoms with Crippen LogP contribution < -0.4 is 14.8 Å². The number of carbonyl (C=O) groups excluding carboxylic acids is 1. The standard InChI is InChI=1S/C19H18F2N2O4/c20-19(21)26-16-5-4-15(11-17(16)27-19)22-18(24)14-3-1-2-13(10-14)12-23-6-8-25-9-7-23/h1-5,10-11H,6-9,12H2,(H,22,24). The summed E-state index contributed by atoms with van der Waals surface area (Å²) in [6.07, 6.45) is -3.68. The Kier molecular flexibility index (Phi) is 4.67. The summed E-state index contributed by atoms with van der Waals surface area (Å²) in [4.78, 5) is 14.8. The van der Waals surface area contributed by atoms with Gasteiger partial charge in [-0.05, 0) is 29.8 Å². The number of amides is 1. The van der Waals surface area contributed by atoms with Gasteiger partial charge in [0.15, 0.2) is 11.5 Å². The summed E-state index contributed by atoms with van der Waals surface area (Å²) in [6, 6.07) is 11.5. The predicted molar refractivity (Wildman–Crippen MR) is 93.1 cm³/mol. The number of hydrogen-bond donors (Lipinski definition) is 1. The summed E-state index contributed by atoms with van der Waals surface area (Å²) in [6.45, 7) is 3.88. The van der Waals surface area contributed by atoms with Crippen LogP contribution in [0.4, 0.5) is 14.5 Å². The molecule has 4 rings (SSSR count). The average molecular weight is 376 g/mol. The van der Waals surface area contributed by atoms with E-state index in [2.05, 4.69) is 19.7 Å². The van der Waals surface area contributed by atoms with E-state index >= 15 is 0 Å². The van der Waals surface area contributed by atoms with Crippen LogP contribution >= 0.6 is 0 Å². The molecule has 1 fully saturated rings. The highest BCUT2D eigenvalue weighted by Crippen LogP contribution is 2.42. The number of anilines is 1. The zero-order chi connectivity index (χ0) is 18.9. The van der Waals surface area contributed by atoms with Crippen molar-refractivity contribution in [3.63, 3.8) is 0 Å². The van der Waals surface area contributed by atoms with E-state index < -0.39 is 6.29 Å². The maximum absolute atomic E-state index is 13.1. The van der Waals surface area contributed by atoms with Crippen LogP contribution in [0.2, 0.25) is 0 Å². The van der Waals surface area contributed by atoms with Gasteiger partial charge in [0.2, 0.25) is 0 Å². The Hall–Kier alpha value is -2.71. The Labute approximate surface area is 154 Å². The molecule has 1 amide bonds. The van der Waals surface area contributed by atoms with E-state index in [1.54, 1.807) is 6.07 Å². The summed E-state index contributed by atoms with van der Waals surface area (Å²) in [5, 5.41) is 2.69. The van der Waals surface area contributed by atoms with Crippen LogP contribution in [0.1, 0.15) is 15.9 Å². The number of fused-ring (bicyclic) bond motifs is 1. The first-order valence-corrected chi connectivity index (χ1v) is 8.59. The van der Waals surface area contributed by atoms with Gasteiger partial charge in [-0.25, -0.2) is 0 Å². The lowest BCUT2D eigenvalue weighted by atomic mass is 10.1. The number of rotatable bonds is 4. The van der Waals surface area contributed by atoms with Crippen LogP contribution in [-0.2, 0) is 11.3 Å². The predicted octanol–water partition coefficient (Wildman–Crippen LogP) is 3.09. The lowest BCUT2D eigenvalue weighted by molar-refractivity contribution is -0.286. The van der Waals surface area contributed by atoms with Gasteiger partial charge in [-0.15, -0.1) is 8.78 Å². The molecule has 0 aromatic heterocycles. The maximum atomic E-state index is 13.1. The first kappa shape index (κ1) is 17.7. The third-order valence-electron chi connectivity index (χ3n) is 4.36. The number of hydrogen-bond acceptors (Lipinski definition) is 5. The van der Waals surface area contributed by atoms with Crippen molar-refractivity contribution < 1.29 is 27.8 Å². The minimum atomic E-state index is -3.68. The van der Waals surface area contributed by atoms with Crippen LogP contribution in [0, 0.1) is 0 Å². The summed E-state index contributed by atoms with van der Waals surface area (Å²) >= 11 is 0. The summed E-state index contributed by atoms with van der Waals surface area (Å²) in [5.74, 6) is -0.506. The molecule has 0 saturated carbocycles. The Bertz CT molecular complexity index is 853. The quantitative estimate of drug-likeness (QED) is 0.889. The first-order chi connectivity index (χ1) is 13.0. The lowest BCUT2D eigenvalue weighted by Crippen LogP contribution is -2.35. The molecule has 2 heterocycles. The Morgan fingerprint density at radius 1 is 1.07 bits per heavy atom. The molecular formula is C19H18F2N2O4. The zero-order valence-electron chi connectivity index (χ0n) is 14.4. The van der Waals surface area contributed by atoms with Gasteiger partial charge >= 0.3 is 6.29 Å². The Morgan fingerprint density at radius 2 is 1.85 bits per heavy atom. The van der Waals surface area contributed by atoms with Crippen molar-refractivity contribution in [1.82, 2.24) is 4.90 Å². The number of halogens is 2. The summed E-state index contributed by atoms with van der Waals surface area (Å²) < 4.78 is 40.3. The molecule has 2 aromatic carbocycles. The van der Waals surface area contributed by atoms with Crippen molar-refractivity contribution in [3.8, 4) is 11.5 Å². The number of morpholine rings is 1. The Balaban J connectivity index is 1.43. The van der Waals surface area contributed by atoms with Crippen molar-refractivity contribution in [2.24, 2.45) is 0 Å². The molecule has 0 spiro atoms. The smallest absolute Gasteiger partial charge is 0.395 e. The molecule has 2 aliphatic heterocycles. The summed E-state index contributed by atoms with van der Waals surface area (Å²) in [7, 11) is 0. The van der Waals surface area contributed by atoms with E-state index in [4.69, 9.17) is 4.74 Å². The fourth-order valence-electron chi connectivity index (χ4n) is 3.06. The second-order valence-electron chi connectivity index (χ2n) is 6.37. The molecule has 0 aliphatic carbocycles. The van der Waals surface area contributed by atoms with E-state index in [1.165, 1.54) is 18.2 Å². The number of alkyl halides is 2. The highest BCUT2D eigenvalue weighted by Gasteiger charge is 2.43. The third-order valence-corrected chi connectivity index (χ3v) is 4.36. The van der Waals surface area contributed by atoms with Crippen molar-refractivity contribution in [2.75, 3.05) is 31.6 Å². The van der Waals surface area contributed by atoms with Crippen molar-refractivity contribution in [3.05, 3.63) is 53.6 Å².